The fourth-order valence-electron chi connectivity index (χ4n) is 3.86. The molecule has 148 valence electrons. The third kappa shape index (κ3) is 3.29. The lowest BCUT2D eigenvalue weighted by Gasteiger charge is -2.27. The molecular formula is C22H22N4O3. The van der Waals surface area contributed by atoms with Gasteiger partial charge in [0.1, 0.15) is 5.69 Å². The molecule has 2 heterocycles. The number of aromatic amines is 1. The van der Waals surface area contributed by atoms with Crippen LogP contribution in [-0.4, -0.2) is 32.5 Å². The summed E-state index contributed by atoms with van der Waals surface area (Å²) >= 11 is 0. The van der Waals surface area contributed by atoms with Gasteiger partial charge in [0.25, 0.3) is 11.6 Å². The molecule has 7 nitrogen and oxygen atoms in total. The molecule has 0 bridgehead atoms. The van der Waals surface area contributed by atoms with Crippen LogP contribution in [-0.2, 0) is 0 Å². The molecule has 0 spiro atoms. The van der Waals surface area contributed by atoms with Gasteiger partial charge in [-0.05, 0) is 18.4 Å². The van der Waals surface area contributed by atoms with E-state index in [4.69, 9.17) is 0 Å². The predicted octanol–water partition coefficient (Wildman–Crippen LogP) is 4.49. The molecule has 1 aromatic heterocycles. The fraction of sp³-hybridized carbons (Fsp3) is 0.273. The number of nitro benzene ring substituents is 1. The predicted molar refractivity (Wildman–Crippen MR) is 110 cm³/mol. The zero-order chi connectivity index (χ0) is 20.7. The van der Waals surface area contributed by atoms with E-state index in [9.17, 15) is 14.9 Å². The first-order valence-corrected chi connectivity index (χ1v) is 9.57. The molecule has 1 aliphatic rings. The van der Waals surface area contributed by atoms with Gasteiger partial charge in [0.15, 0.2) is 0 Å². The molecule has 1 atom stereocenters. The van der Waals surface area contributed by atoms with Crippen molar-refractivity contribution in [1.29, 1.82) is 0 Å². The van der Waals surface area contributed by atoms with Crippen LogP contribution < -0.4 is 0 Å². The summed E-state index contributed by atoms with van der Waals surface area (Å²) in [6.07, 6.45) is 0. The van der Waals surface area contributed by atoms with E-state index in [1.807, 2.05) is 51.1 Å². The van der Waals surface area contributed by atoms with Crippen LogP contribution in [0.15, 0.2) is 48.5 Å². The summed E-state index contributed by atoms with van der Waals surface area (Å²) in [7, 11) is 0. The van der Waals surface area contributed by atoms with Gasteiger partial charge >= 0.3 is 0 Å². The van der Waals surface area contributed by atoms with Crippen LogP contribution in [0.4, 0.5) is 5.69 Å². The monoisotopic (exact) mass is 390 g/mol. The number of rotatable bonds is 5. The van der Waals surface area contributed by atoms with Crippen LogP contribution in [0.25, 0.3) is 11.3 Å². The number of H-pyrrole nitrogens is 1. The van der Waals surface area contributed by atoms with Crippen LogP contribution in [0.5, 0.6) is 0 Å². The Hall–Kier alpha value is -3.48. The Morgan fingerprint density at radius 2 is 1.93 bits per heavy atom. The summed E-state index contributed by atoms with van der Waals surface area (Å²) in [5.41, 5.74) is 4.69. The van der Waals surface area contributed by atoms with E-state index in [0.717, 1.165) is 16.7 Å². The number of nitro groups is 1. The third-order valence-corrected chi connectivity index (χ3v) is 5.15. The van der Waals surface area contributed by atoms with E-state index in [0.29, 0.717) is 23.5 Å². The molecule has 0 fully saturated rings. The van der Waals surface area contributed by atoms with Gasteiger partial charge < -0.3 is 4.90 Å². The van der Waals surface area contributed by atoms with Crippen molar-refractivity contribution >= 4 is 11.6 Å². The van der Waals surface area contributed by atoms with Crippen molar-refractivity contribution < 1.29 is 9.72 Å². The Balaban J connectivity index is 1.89. The first-order valence-electron chi connectivity index (χ1n) is 9.57. The van der Waals surface area contributed by atoms with Gasteiger partial charge in [0.05, 0.1) is 16.7 Å². The Labute approximate surface area is 168 Å². The average Bonchev–Trinajstić information content (AvgIpc) is 3.22. The molecule has 0 saturated carbocycles. The summed E-state index contributed by atoms with van der Waals surface area (Å²) < 4.78 is 0. The van der Waals surface area contributed by atoms with E-state index in [1.54, 1.807) is 17.0 Å². The van der Waals surface area contributed by atoms with Crippen molar-refractivity contribution in [1.82, 2.24) is 15.1 Å². The minimum Gasteiger partial charge on any atom is -0.326 e. The maximum absolute atomic E-state index is 13.2. The third-order valence-electron chi connectivity index (χ3n) is 5.15. The molecule has 1 amide bonds. The average molecular weight is 390 g/mol. The smallest absolute Gasteiger partial charge is 0.273 e. The molecule has 4 rings (SSSR count). The Morgan fingerprint density at radius 1 is 1.21 bits per heavy atom. The van der Waals surface area contributed by atoms with Gasteiger partial charge in [0, 0.05) is 29.8 Å². The van der Waals surface area contributed by atoms with Crippen LogP contribution >= 0.6 is 0 Å². The molecule has 1 aliphatic heterocycles. The maximum Gasteiger partial charge on any atom is 0.273 e. The zero-order valence-corrected chi connectivity index (χ0v) is 16.5. The molecule has 29 heavy (non-hydrogen) atoms. The van der Waals surface area contributed by atoms with Crippen LogP contribution in [0.2, 0.25) is 0 Å². The lowest BCUT2D eigenvalue weighted by Crippen LogP contribution is -2.32. The lowest BCUT2D eigenvalue weighted by molar-refractivity contribution is -0.384. The first kappa shape index (κ1) is 18.9. The second kappa shape index (κ2) is 7.16. The summed E-state index contributed by atoms with van der Waals surface area (Å²) in [5, 5.41) is 18.7. The van der Waals surface area contributed by atoms with Crippen LogP contribution in [0.1, 0.15) is 47.1 Å². The number of nitrogens with one attached hydrogen (secondary N) is 1. The molecule has 3 aromatic rings. The number of hydrogen-bond acceptors (Lipinski definition) is 4. The highest BCUT2D eigenvalue weighted by atomic mass is 16.6. The van der Waals surface area contributed by atoms with Crippen molar-refractivity contribution in [2.45, 2.75) is 26.8 Å². The summed E-state index contributed by atoms with van der Waals surface area (Å²) in [4.78, 5) is 25.8. The van der Waals surface area contributed by atoms with Crippen molar-refractivity contribution in [2.24, 2.45) is 5.92 Å². The van der Waals surface area contributed by atoms with E-state index in [2.05, 4.69) is 10.2 Å². The summed E-state index contributed by atoms with van der Waals surface area (Å²) in [6.45, 7) is 6.65. The number of aryl methyl sites for hydroxylation is 1. The normalized spacial score (nSPS) is 15.8. The molecule has 0 radical (unpaired) electrons. The van der Waals surface area contributed by atoms with Gasteiger partial charge in [-0.15, -0.1) is 0 Å². The zero-order valence-electron chi connectivity index (χ0n) is 16.5. The van der Waals surface area contributed by atoms with E-state index < -0.39 is 11.0 Å². The molecular weight excluding hydrogens is 368 g/mol. The lowest BCUT2D eigenvalue weighted by atomic mass is 9.95. The van der Waals surface area contributed by atoms with Crippen molar-refractivity contribution in [3.63, 3.8) is 0 Å². The minimum atomic E-state index is -0.421. The number of hydrogen-bond donors (Lipinski definition) is 1. The highest BCUT2D eigenvalue weighted by Gasteiger charge is 2.42. The van der Waals surface area contributed by atoms with Gasteiger partial charge in [-0.25, -0.2) is 0 Å². The second-order valence-corrected chi connectivity index (χ2v) is 7.83. The van der Waals surface area contributed by atoms with Crippen molar-refractivity contribution in [3.8, 4) is 11.3 Å². The minimum absolute atomic E-state index is 0.00766. The fourth-order valence-corrected chi connectivity index (χ4v) is 3.86. The largest absolute Gasteiger partial charge is 0.326 e. The highest BCUT2D eigenvalue weighted by molar-refractivity contribution is 6.00. The Bertz CT molecular complexity index is 1090. The van der Waals surface area contributed by atoms with Crippen LogP contribution in [0.3, 0.4) is 0 Å². The molecule has 7 heteroatoms. The van der Waals surface area contributed by atoms with Gasteiger partial charge in [-0.1, -0.05) is 55.8 Å². The van der Waals surface area contributed by atoms with Crippen molar-refractivity contribution in [2.75, 3.05) is 6.54 Å². The summed E-state index contributed by atoms with van der Waals surface area (Å²) in [5.74, 6) is 0.121. The number of nitrogens with zero attached hydrogens (tertiary/aromatic N) is 3. The van der Waals surface area contributed by atoms with Gasteiger partial charge in [-0.3, -0.25) is 20.0 Å². The molecule has 1 N–H and O–H groups in total. The number of aromatic nitrogens is 2. The molecule has 1 unspecified atom stereocenters. The SMILES string of the molecule is Cc1ccc(-c2n[nH]c3c2C(c2cccc([N+](=O)[O-])c2)N(CC(C)C)C3=O)cc1. The van der Waals surface area contributed by atoms with Gasteiger partial charge in [-0.2, -0.15) is 5.10 Å². The Morgan fingerprint density at radius 3 is 2.59 bits per heavy atom. The molecule has 2 aromatic carbocycles. The highest BCUT2D eigenvalue weighted by Crippen LogP contribution is 2.43. The Kier molecular flexibility index (Phi) is 4.66. The number of benzene rings is 2. The topological polar surface area (TPSA) is 92.1 Å². The number of non-ortho nitro benzene ring substituents is 1. The second-order valence-electron chi connectivity index (χ2n) is 7.83. The number of fused-ring (bicyclic) bond motifs is 1. The summed E-state index contributed by atoms with van der Waals surface area (Å²) in [6, 6.07) is 14.0. The molecule has 0 saturated heterocycles. The standard InChI is InChI=1S/C22H22N4O3/c1-13(2)12-25-21(16-5-4-6-17(11-16)26(28)29)18-19(23-24-20(18)22(25)27)15-9-7-14(3)8-10-15/h4-11,13,21H,12H2,1-3H3,(H,23,24). The van der Waals surface area contributed by atoms with E-state index >= 15 is 0 Å². The molecule has 0 aliphatic carbocycles. The van der Waals surface area contributed by atoms with Crippen molar-refractivity contribution in [3.05, 3.63) is 81.0 Å². The number of carbonyl (C=O) groups excluding carboxylic acids is 1. The first-order chi connectivity index (χ1) is 13.9. The van der Waals surface area contributed by atoms with E-state index in [1.165, 1.54) is 6.07 Å². The maximum atomic E-state index is 13.2. The van der Waals surface area contributed by atoms with E-state index in [-0.39, 0.29) is 17.5 Å². The quantitative estimate of drug-likeness (QED) is 0.513. The number of amides is 1. The van der Waals surface area contributed by atoms with Crippen LogP contribution in [0, 0.1) is 23.0 Å². The number of carbonyl (C=O) groups is 1. The van der Waals surface area contributed by atoms with Gasteiger partial charge in [0.2, 0.25) is 0 Å².